The van der Waals surface area contributed by atoms with E-state index in [2.05, 4.69) is 10.2 Å². The number of hydrogen-bond acceptors (Lipinski definition) is 2. The third kappa shape index (κ3) is 3.86. The van der Waals surface area contributed by atoms with Gasteiger partial charge in [0.05, 0.1) is 0 Å². The van der Waals surface area contributed by atoms with Gasteiger partial charge >= 0.3 is 0 Å². The van der Waals surface area contributed by atoms with Gasteiger partial charge in [-0.3, -0.25) is 4.90 Å². The van der Waals surface area contributed by atoms with Crippen molar-refractivity contribution >= 4 is 23.2 Å². The first-order chi connectivity index (χ1) is 8.69. The molecule has 0 saturated carbocycles. The lowest BCUT2D eigenvalue weighted by Crippen LogP contribution is -2.36. The monoisotopic (exact) mass is 286 g/mol. The molecule has 0 atom stereocenters. The van der Waals surface area contributed by atoms with Crippen molar-refractivity contribution in [3.8, 4) is 0 Å². The number of piperidine rings is 1. The molecule has 0 unspecified atom stereocenters. The summed E-state index contributed by atoms with van der Waals surface area (Å²) in [5, 5.41) is 4.84. The van der Waals surface area contributed by atoms with Gasteiger partial charge in [-0.25, -0.2) is 0 Å². The van der Waals surface area contributed by atoms with Crippen molar-refractivity contribution in [1.29, 1.82) is 0 Å². The van der Waals surface area contributed by atoms with Crippen molar-refractivity contribution in [2.24, 2.45) is 5.92 Å². The molecule has 1 heterocycles. The quantitative estimate of drug-likeness (QED) is 0.912. The summed E-state index contributed by atoms with van der Waals surface area (Å²) < 4.78 is 0. The Hall–Kier alpha value is -0.280. The van der Waals surface area contributed by atoms with E-state index in [9.17, 15) is 0 Å². The number of hydrogen-bond donors (Lipinski definition) is 1. The Morgan fingerprint density at radius 2 is 2.00 bits per heavy atom. The Morgan fingerprint density at radius 3 is 2.67 bits per heavy atom. The summed E-state index contributed by atoms with van der Waals surface area (Å²) in [5.74, 6) is 0.820. The van der Waals surface area contributed by atoms with Gasteiger partial charge in [0, 0.05) is 16.6 Å². The Bertz CT molecular complexity index is 387. The SMILES string of the molecule is CNCC1CCN(Cc2cc(Cl)ccc2Cl)CC1. The van der Waals surface area contributed by atoms with Crippen LogP contribution in [0.1, 0.15) is 18.4 Å². The third-order valence-electron chi connectivity index (χ3n) is 3.60. The largest absolute Gasteiger partial charge is 0.319 e. The molecule has 4 heteroatoms. The van der Waals surface area contributed by atoms with E-state index in [-0.39, 0.29) is 0 Å². The van der Waals surface area contributed by atoms with Crippen molar-refractivity contribution in [3.05, 3.63) is 33.8 Å². The number of likely N-dealkylation sites (tertiary alicyclic amines) is 1. The summed E-state index contributed by atoms with van der Waals surface area (Å²) >= 11 is 12.2. The average Bonchev–Trinajstić information content (AvgIpc) is 2.37. The number of halogens is 2. The van der Waals surface area contributed by atoms with Gasteiger partial charge in [0.15, 0.2) is 0 Å². The fraction of sp³-hybridized carbons (Fsp3) is 0.571. The lowest BCUT2D eigenvalue weighted by Gasteiger charge is -2.32. The zero-order valence-corrected chi connectivity index (χ0v) is 12.3. The van der Waals surface area contributed by atoms with Gasteiger partial charge in [-0.05, 0) is 69.2 Å². The van der Waals surface area contributed by atoms with E-state index in [1.165, 1.54) is 12.8 Å². The van der Waals surface area contributed by atoms with Gasteiger partial charge < -0.3 is 5.32 Å². The van der Waals surface area contributed by atoms with Crippen LogP contribution in [0.3, 0.4) is 0 Å². The average molecular weight is 287 g/mol. The Kier molecular flexibility index (Phi) is 5.31. The van der Waals surface area contributed by atoms with Crippen LogP contribution in [-0.2, 0) is 6.54 Å². The molecule has 0 aliphatic carbocycles. The number of rotatable bonds is 4. The first-order valence-electron chi connectivity index (χ1n) is 6.50. The molecule has 1 aliphatic heterocycles. The van der Waals surface area contributed by atoms with Crippen LogP contribution < -0.4 is 5.32 Å². The summed E-state index contributed by atoms with van der Waals surface area (Å²) in [5.41, 5.74) is 1.14. The second kappa shape index (κ2) is 6.76. The molecule has 0 bridgehead atoms. The number of benzene rings is 1. The molecule has 1 aromatic rings. The van der Waals surface area contributed by atoms with Crippen LogP contribution in [0, 0.1) is 5.92 Å². The van der Waals surface area contributed by atoms with E-state index in [4.69, 9.17) is 23.2 Å². The predicted octanol–water partition coefficient (Wildman–Crippen LogP) is 3.42. The Morgan fingerprint density at radius 1 is 1.28 bits per heavy atom. The van der Waals surface area contributed by atoms with E-state index >= 15 is 0 Å². The molecular weight excluding hydrogens is 267 g/mol. The lowest BCUT2D eigenvalue weighted by molar-refractivity contribution is 0.177. The highest BCUT2D eigenvalue weighted by Crippen LogP contribution is 2.24. The highest BCUT2D eigenvalue weighted by atomic mass is 35.5. The fourth-order valence-corrected chi connectivity index (χ4v) is 2.91. The minimum atomic E-state index is 0.763. The molecule has 1 fully saturated rings. The first-order valence-corrected chi connectivity index (χ1v) is 7.25. The predicted molar refractivity (Wildman–Crippen MR) is 78.4 cm³/mol. The molecule has 1 aliphatic rings. The smallest absolute Gasteiger partial charge is 0.0452 e. The topological polar surface area (TPSA) is 15.3 Å². The summed E-state index contributed by atoms with van der Waals surface area (Å²) in [6, 6.07) is 5.70. The second-order valence-corrected chi connectivity index (χ2v) is 5.86. The first kappa shape index (κ1) is 14.1. The highest BCUT2D eigenvalue weighted by molar-refractivity contribution is 6.33. The summed E-state index contributed by atoms with van der Waals surface area (Å²) in [6.45, 7) is 4.34. The van der Waals surface area contributed by atoms with E-state index in [1.54, 1.807) is 0 Å². The van der Waals surface area contributed by atoms with Crippen LogP contribution in [0.4, 0.5) is 0 Å². The zero-order valence-electron chi connectivity index (χ0n) is 10.8. The van der Waals surface area contributed by atoms with Gasteiger partial charge in [-0.15, -0.1) is 0 Å². The molecule has 0 aromatic heterocycles. The van der Waals surface area contributed by atoms with Gasteiger partial charge in [-0.2, -0.15) is 0 Å². The van der Waals surface area contributed by atoms with Gasteiger partial charge in [0.25, 0.3) is 0 Å². The third-order valence-corrected chi connectivity index (χ3v) is 4.21. The highest BCUT2D eigenvalue weighted by Gasteiger charge is 2.19. The molecule has 2 nitrogen and oxygen atoms in total. The maximum Gasteiger partial charge on any atom is 0.0452 e. The van der Waals surface area contributed by atoms with Crippen molar-refractivity contribution in [2.75, 3.05) is 26.7 Å². The molecule has 1 saturated heterocycles. The van der Waals surface area contributed by atoms with E-state index < -0.39 is 0 Å². The van der Waals surface area contributed by atoms with Crippen molar-refractivity contribution in [2.45, 2.75) is 19.4 Å². The maximum atomic E-state index is 6.20. The van der Waals surface area contributed by atoms with Crippen LogP contribution in [-0.4, -0.2) is 31.6 Å². The Balaban J connectivity index is 1.89. The minimum absolute atomic E-state index is 0.763. The molecule has 2 rings (SSSR count). The van der Waals surface area contributed by atoms with Crippen LogP contribution in [0.15, 0.2) is 18.2 Å². The molecular formula is C14H20Cl2N2. The molecule has 0 radical (unpaired) electrons. The van der Waals surface area contributed by atoms with Crippen LogP contribution in [0.25, 0.3) is 0 Å². The number of nitrogens with one attached hydrogen (secondary N) is 1. The second-order valence-electron chi connectivity index (χ2n) is 5.01. The molecule has 100 valence electrons. The van der Waals surface area contributed by atoms with Crippen LogP contribution in [0.5, 0.6) is 0 Å². The van der Waals surface area contributed by atoms with E-state index in [0.717, 1.165) is 47.7 Å². The van der Waals surface area contributed by atoms with E-state index in [1.807, 2.05) is 25.2 Å². The van der Waals surface area contributed by atoms with Crippen molar-refractivity contribution in [3.63, 3.8) is 0 Å². The molecule has 18 heavy (non-hydrogen) atoms. The van der Waals surface area contributed by atoms with Gasteiger partial charge in [0.1, 0.15) is 0 Å². The summed E-state index contributed by atoms with van der Waals surface area (Å²) in [6.07, 6.45) is 2.53. The van der Waals surface area contributed by atoms with Gasteiger partial charge in [0.2, 0.25) is 0 Å². The van der Waals surface area contributed by atoms with E-state index in [0.29, 0.717) is 0 Å². The van der Waals surface area contributed by atoms with Crippen LogP contribution in [0.2, 0.25) is 10.0 Å². The summed E-state index contributed by atoms with van der Waals surface area (Å²) in [7, 11) is 2.03. The lowest BCUT2D eigenvalue weighted by atomic mass is 9.96. The molecule has 1 aromatic carbocycles. The summed E-state index contributed by atoms with van der Waals surface area (Å²) in [4.78, 5) is 2.46. The normalized spacial score (nSPS) is 18.2. The Labute approximate surface area is 119 Å². The standard InChI is InChI=1S/C14H20Cl2N2/c1-17-9-11-4-6-18(7-5-11)10-12-8-13(15)2-3-14(12)16/h2-3,8,11,17H,4-7,9-10H2,1H3. The number of nitrogens with zero attached hydrogens (tertiary/aromatic N) is 1. The molecule has 1 N–H and O–H groups in total. The molecule has 0 spiro atoms. The van der Waals surface area contributed by atoms with Gasteiger partial charge in [-0.1, -0.05) is 23.2 Å². The minimum Gasteiger partial charge on any atom is -0.319 e. The fourth-order valence-electron chi connectivity index (χ4n) is 2.54. The maximum absolute atomic E-state index is 6.20. The van der Waals surface area contributed by atoms with Crippen LogP contribution >= 0.6 is 23.2 Å². The zero-order chi connectivity index (χ0) is 13.0. The molecule has 0 amide bonds. The van der Waals surface area contributed by atoms with Crippen molar-refractivity contribution in [1.82, 2.24) is 10.2 Å². The van der Waals surface area contributed by atoms with Crippen molar-refractivity contribution < 1.29 is 0 Å².